The lowest BCUT2D eigenvalue weighted by atomic mass is 10.4. The molecule has 0 aliphatic heterocycles. The molecule has 7 heteroatoms. The molecule has 2 N–H and O–H groups in total. The molecule has 0 aliphatic carbocycles. The minimum atomic E-state index is -0.332. The Morgan fingerprint density at radius 2 is 2.06 bits per heavy atom. The standard InChI is InChI=1S/C11H15N5OS/c1-6-5-9(15-16(6)4)13-10(17)14-11-12-7(2)8(3)18-11/h5H,1-4H3,(H2,12,13,14,15,17). The monoisotopic (exact) mass is 265 g/mol. The molecule has 2 aromatic rings. The van der Waals surface area contributed by atoms with Crippen LogP contribution >= 0.6 is 11.3 Å². The molecule has 0 saturated carbocycles. The predicted molar refractivity (Wildman–Crippen MR) is 72.2 cm³/mol. The van der Waals surface area contributed by atoms with Crippen LogP contribution in [0.15, 0.2) is 6.07 Å². The summed E-state index contributed by atoms with van der Waals surface area (Å²) >= 11 is 1.45. The van der Waals surface area contributed by atoms with Crippen molar-refractivity contribution < 1.29 is 4.79 Å². The van der Waals surface area contributed by atoms with E-state index < -0.39 is 0 Å². The number of hydrogen-bond donors (Lipinski definition) is 2. The van der Waals surface area contributed by atoms with Crippen molar-refractivity contribution >= 4 is 28.3 Å². The van der Waals surface area contributed by atoms with E-state index in [2.05, 4.69) is 20.7 Å². The summed E-state index contributed by atoms with van der Waals surface area (Å²) < 4.78 is 1.70. The van der Waals surface area contributed by atoms with Crippen LogP contribution in [0.5, 0.6) is 0 Å². The lowest BCUT2D eigenvalue weighted by Gasteiger charge is -2.01. The highest BCUT2D eigenvalue weighted by Crippen LogP contribution is 2.21. The molecule has 0 bridgehead atoms. The summed E-state index contributed by atoms with van der Waals surface area (Å²) in [7, 11) is 1.83. The number of thiazole rings is 1. The van der Waals surface area contributed by atoms with Crippen LogP contribution in [0.3, 0.4) is 0 Å². The smallest absolute Gasteiger partial charge is 0.291 e. The summed E-state index contributed by atoms with van der Waals surface area (Å²) in [6, 6.07) is 1.47. The van der Waals surface area contributed by atoms with Crippen molar-refractivity contribution in [3.63, 3.8) is 0 Å². The van der Waals surface area contributed by atoms with Crippen LogP contribution in [0.1, 0.15) is 16.3 Å². The predicted octanol–water partition coefficient (Wildman–Crippen LogP) is 2.45. The Kier molecular flexibility index (Phi) is 3.33. The Bertz CT molecular complexity index is 497. The van der Waals surface area contributed by atoms with E-state index in [1.807, 2.05) is 27.8 Å². The van der Waals surface area contributed by atoms with E-state index in [1.54, 1.807) is 10.7 Å². The van der Waals surface area contributed by atoms with Gasteiger partial charge in [0.25, 0.3) is 0 Å². The van der Waals surface area contributed by atoms with Crippen molar-refractivity contribution in [3.8, 4) is 0 Å². The van der Waals surface area contributed by atoms with Gasteiger partial charge in [0.05, 0.1) is 5.69 Å². The van der Waals surface area contributed by atoms with Gasteiger partial charge in [-0.25, -0.2) is 9.78 Å². The van der Waals surface area contributed by atoms with Gasteiger partial charge >= 0.3 is 6.03 Å². The molecule has 2 heterocycles. The zero-order valence-electron chi connectivity index (χ0n) is 10.7. The molecular formula is C11H15N5OS. The number of nitrogens with one attached hydrogen (secondary N) is 2. The van der Waals surface area contributed by atoms with E-state index in [0.717, 1.165) is 16.3 Å². The van der Waals surface area contributed by atoms with E-state index in [4.69, 9.17) is 0 Å². The van der Waals surface area contributed by atoms with Gasteiger partial charge in [-0.05, 0) is 20.8 Å². The molecule has 0 spiro atoms. The van der Waals surface area contributed by atoms with Crippen LogP contribution in [-0.2, 0) is 7.05 Å². The number of carbonyl (C=O) groups excluding carboxylic acids is 1. The van der Waals surface area contributed by atoms with E-state index in [-0.39, 0.29) is 6.03 Å². The van der Waals surface area contributed by atoms with Gasteiger partial charge in [-0.2, -0.15) is 5.10 Å². The van der Waals surface area contributed by atoms with Gasteiger partial charge in [-0.15, -0.1) is 11.3 Å². The maximum Gasteiger partial charge on any atom is 0.326 e. The Hall–Kier alpha value is -1.89. The van der Waals surface area contributed by atoms with E-state index in [0.29, 0.717) is 10.9 Å². The fourth-order valence-electron chi connectivity index (χ4n) is 1.39. The van der Waals surface area contributed by atoms with Crippen LogP contribution in [0.25, 0.3) is 0 Å². The highest BCUT2D eigenvalue weighted by molar-refractivity contribution is 7.15. The average Bonchev–Trinajstić information content (AvgIpc) is 2.72. The lowest BCUT2D eigenvalue weighted by molar-refractivity contribution is 0.262. The Labute approximate surface area is 109 Å². The number of anilines is 2. The average molecular weight is 265 g/mol. The molecule has 0 atom stereocenters. The van der Waals surface area contributed by atoms with Crippen LogP contribution in [-0.4, -0.2) is 20.8 Å². The molecule has 2 aromatic heterocycles. The SMILES string of the molecule is Cc1nc(NC(=O)Nc2cc(C)n(C)n2)sc1C. The zero-order valence-corrected chi connectivity index (χ0v) is 11.6. The van der Waals surface area contributed by atoms with Crippen molar-refractivity contribution in [1.29, 1.82) is 0 Å². The summed E-state index contributed by atoms with van der Waals surface area (Å²) in [5, 5.41) is 10.1. The molecule has 0 aliphatic rings. The third kappa shape index (κ3) is 2.67. The third-order valence-corrected chi connectivity index (χ3v) is 3.59. The van der Waals surface area contributed by atoms with Crippen molar-refractivity contribution in [2.75, 3.05) is 10.6 Å². The highest BCUT2D eigenvalue weighted by atomic mass is 32.1. The summed E-state index contributed by atoms with van der Waals surface area (Å²) in [5.74, 6) is 0.525. The Morgan fingerprint density at radius 3 is 2.56 bits per heavy atom. The van der Waals surface area contributed by atoms with Crippen molar-refractivity contribution in [1.82, 2.24) is 14.8 Å². The number of amides is 2. The summed E-state index contributed by atoms with van der Waals surface area (Å²) in [5.41, 5.74) is 1.91. The van der Waals surface area contributed by atoms with Crippen LogP contribution < -0.4 is 10.6 Å². The summed E-state index contributed by atoms with van der Waals surface area (Å²) in [6.07, 6.45) is 0. The molecule has 0 saturated heterocycles. The number of hydrogen-bond acceptors (Lipinski definition) is 4. The van der Waals surface area contributed by atoms with Crippen LogP contribution in [0, 0.1) is 20.8 Å². The Morgan fingerprint density at radius 1 is 1.33 bits per heavy atom. The first-order valence-corrected chi connectivity index (χ1v) is 6.30. The van der Waals surface area contributed by atoms with Gasteiger partial charge in [-0.1, -0.05) is 0 Å². The molecular weight excluding hydrogens is 250 g/mol. The van der Waals surface area contributed by atoms with Gasteiger partial charge < -0.3 is 0 Å². The normalized spacial score (nSPS) is 10.4. The highest BCUT2D eigenvalue weighted by Gasteiger charge is 2.09. The molecule has 0 radical (unpaired) electrons. The molecule has 18 heavy (non-hydrogen) atoms. The quantitative estimate of drug-likeness (QED) is 0.876. The number of urea groups is 1. The largest absolute Gasteiger partial charge is 0.326 e. The van der Waals surface area contributed by atoms with E-state index >= 15 is 0 Å². The third-order valence-electron chi connectivity index (χ3n) is 2.60. The fourth-order valence-corrected chi connectivity index (χ4v) is 2.20. The van der Waals surface area contributed by atoms with Gasteiger partial charge in [0, 0.05) is 23.7 Å². The molecule has 2 amide bonds. The van der Waals surface area contributed by atoms with E-state index in [9.17, 15) is 4.79 Å². The second-order valence-corrected chi connectivity index (χ2v) is 5.24. The first-order chi connectivity index (χ1) is 8.45. The number of rotatable bonds is 2. The first-order valence-electron chi connectivity index (χ1n) is 5.48. The molecule has 0 fully saturated rings. The molecule has 2 rings (SSSR count). The Balaban J connectivity index is 2.00. The van der Waals surface area contributed by atoms with Gasteiger partial charge in [0.1, 0.15) is 0 Å². The van der Waals surface area contributed by atoms with Crippen molar-refractivity contribution in [2.24, 2.45) is 7.05 Å². The fraction of sp³-hybridized carbons (Fsp3) is 0.364. The van der Waals surface area contributed by atoms with E-state index in [1.165, 1.54) is 11.3 Å². The lowest BCUT2D eigenvalue weighted by Crippen LogP contribution is -2.19. The van der Waals surface area contributed by atoms with Gasteiger partial charge in [0.15, 0.2) is 10.9 Å². The first kappa shape index (κ1) is 12.6. The zero-order chi connectivity index (χ0) is 13.3. The molecule has 96 valence electrons. The van der Waals surface area contributed by atoms with Gasteiger partial charge in [0.2, 0.25) is 0 Å². The molecule has 0 aromatic carbocycles. The van der Waals surface area contributed by atoms with Crippen LogP contribution in [0.4, 0.5) is 15.7 Å². The minimum Gasteiger partial charge on any atom is -0.291 e. The number of aromatic nitrogens is 3. The minimum absolute atomic E-state index is 0.332. The maximum atomic E-state index is 11.7. The molecule has 6 nitrogen and oxygen atoms in total. The maximum absolute atomic E-state index is 11.7. The summed E-state index contributed by atoms with van der Waals surface area (Å²) in [6.45, 7) is 5.80. The second-order valence-electron chi connectivity index (χ2n) is 4.03. The topological polar surface area (TPSA) is 71.8 Å². The number of nitrogens with zero attached hydrogens (tertiary/aromatic N) is 3. The summed E-state index contributed by atoms with van der Waals surface area (Å²) in [4.78, 5) is 17.0. The van der Waals surface area contributed by atoms with Crippen LogP contribution in [0.2, 0.25) is 0 Å². The van der Waals surface area contributed by atoms with Crippen molar-refractivity contribution in [2.45, 2.75) is 20.8 Å². The van der Waals surface area contributed by atoms with Gasteiger partial charge in [-0.3, -0.25) is 15.3 Å². The number of carbonyl (C=O) groups is 1. The second kappa shape index (κ2) is 4.77. The van der Waals surface area contributed by atoms with Crippen molar-refractivity contribution in [3.05, 3.63) is 22.3 Å². The molecule has 0 unspecified atom stereocenters. The number of aryl methyl sites for hydroxylation is 4.